The summed E-state index contributed by atoms with van der Waals surface area (Å²) in [5, 5.41) is -0.0740. The Bertz CT molecular complexity index is 1210. The Kier molecular flexibility index (Phi) is 13.6. The van der Waals surface area contributed by atoms with Gasteiger partial charge in [0.15, 0.2) is 31.2 Å². The fourth-order valence-electron chi connectivity index (χ4n) is 4.62. The molecule has 1 heterocycles. The summed E-state index contributed by atoms with van der Waals surface area (Å²) in [4.78, 5) is 13.2. The molecule has 0 aliphatic carbocycles. The largest absolute Gasteiger partial charge is 0.456 e. The maximum atomic E-state index is 13.2. The molecule has 0 bridgehead atoms. The first-order valence-corrected chi connectivity index (χ1v) is 25.9. The second-order valence-corrected chi connectivity index (χ2v) is 32.1. The van der Waals surface area contributed by atoms with Crippen LogP contribution in [-0.2, 0) is 27.5 Å². The van der Waals surface area contributed by atoms with E-state index < -0.39 is 55.5 Å². The van der Waals surface area contributed by atoms with Crippen molar-refractivity contribution in [2.24, 2.45) is 0 Å². The number of hydrogen-bond acceptors (Lipinski definition) is 7. The molecule has 47 heavy (non-hydrogen) atoms. The highest BCUT2D eigenvalue weighted by Gasteiger charge is 2.50. The number of rotatable bonds is 12. The molecule has 7 nitrogen and oxygen atoms in total. The number of terminal acetylenes is 1. The number of benzene rings is 1. The SMILES string of the molecule is C#C[C@H](O[Si](C)(C)C(C)(C)C)[C@H](O[C@@H]1C[C@@H](O[Si](C)(C)C(C)(C)C)[C@H](O[Si](C)(C)C(C)(C)C)[C@@H](C)O1)[C@@H](C)OC(=O)c1ccccc1. The van der Waals surface area contributed by atoms with Gasteiger partial charge in [-0.3, -0.25) is 0 Å². The maximum Gasteiger partial charge on any atom is 0.338 e. The third-order valence-electron chi connectivity index (χ3n) is 10.9. The first-order valence-electron chi connectivity index (χ1n) is 17.2. The smallest absolute Gasteiger partial charge is 0.338 e. The lowest BCUT2D eigenvalue weighted by atomic mass is 10.0. The van der Waals surface area contributed by atoms with E-state index in [0.29, 0.717) is 12.0 Å². The topological polar surface area (TPSA) is 72.5 Å². The second-order valence-electron chi connectivity index (χ2n) is 17.8. The number of esters is 1. The van der Waals surface area contributed by atoms with E-state index in [1.165, 1.54) is 0 Å². The lowest BCUT2D eigenvalue weighted by molar-refractivity contribution is -0.269. The van der Waals surface area contributed by atoms with Crippen molar-refractivity contribution in [1.82, 2.24) is 0 Å². The molecule has 1 fully saturated rings. The van der Waals surface area contributed by atoms with Crippen LogP contribution in [0.3, 0.4) is 0 Å². The van der Waals surface area contributed by atoms with E-state index in [9.17, 15) is 4.79 Å². The molecule has 10 heteroatoms. The zero-order valence-corrected chi connectivity index (χ0v) is 35.6. The summed E-state index contributed by atoms with van der Waals surface area (Å²) in [6, 6.07) is 8.93. The summed E-state index contributed by atoms with van der Waals surface area (Å²) < 4.78 is 40.3. The molecule has 1 aliphatic heterocycles. The van der Waals surface area contributed by atoms with E-state index in [1.54, 1.807) is 12.1 Å². The van der Waals surface area contributed by atoms with Gasteiger partial charge in [-0.05, 0) is 80.4 Å². The molecule has 1 aromatic carbocycles. The standard InChI is InChI=1S/C37H66O7Si3/c1-19-29(42-45(13,14)35(4,5)6)32(26(2)40-34(38)28-23-21-20-22-24-28)41-31-25-30(43-46(15,16)36(7,8)9)33(27(3)39-31)44-47(17,18)37(10,11)12/h1,20-24,26-27,29-33H,25H2,2-18H3/t26-,27-,29+,30-,31-,32-,33-/m1/s1. The molecule has 0 amide bonds. The van der Waals surface area contributed by atoms with Gasteiger partial charge in [-0.25, -0.2) is 4.79 Å². The molecule has 0 unspecified atom stereocenters. The highest BCUT2D eigenvalue weighted by molar-refractivity contribution is 6.75. The molecular weight excluding hydrogens is 641 g/mol. The molecule has 1 saturated heterocycles. The van der Waals surface area contributed by atoms with Crippen molar-refractivity contribution in [3.8, 4) is 12.3 Å². The Hall–Kier alpha value is -1.30. The van der Waals surface area contributed by atoms with Crippen molar-refractivity contribution >= 4 is 30.9 Å². The van der Waals surface area contributed by atoms with Crippen LogP contribution in [0.2, 0.25) is 54.4 Å². The van der Waals surface area contributed by atoms with Crippen molar-refractivity contribution in [3.63, 3.8) is 0 Å². The van der Waals surface area contributed by atoms with Crippen LogP contribution in [0.5, 0.6) is 0 Å². The number of carbonyl (C=O) groups excluding carboxylic acids is 1. The first kappa shape index (κ1) is 41.9. The van der Waals surface area contributed by atoms with Gasteiger partial charge in [0.05, 0.1) is 23.9 Å². The highest BCUT2D eigenvalue weighted by Crippen LogP contribution is 2.44. The van der Waals surface area contributed by atoms with Gasteiger partial charge in [0.1, 0.15) is 18.3 Å². The minimum atomic E-state index is -2.34. The predicted octanol–water partition coefficient (Wildman–Crippen LogP) is 9.56. The molecular formula is C37H66O7Si3. The van der Waals surface area contributed by atoms with Crippen molar-refractivity contribution in [1.29, 1.82) is 0 Å². The van der Waals surface area contributed by atoms with Crippen molar-refractivity contribution in [2.75, 3.05) is 0 Å². The summed E-state index contributed by atoms with van der Waals surface area (Å²) in [5.41, 5.74) is 0.455. The third-order valence-corrected chi connectivity index (χ3v) is 24.3. The molecule has 7 atom stereocenters. The summed E-state index contributed by atoms with van der Waals surface area (Å²) in [5.74, 6) is 2.40. The van der Waals surface area contributed by atoms with Gasteiger partial charge in [0.25, 0.3) is 0 Å². The molecule has 0 radical (unpaired) electrons. The lowest BCUT2D eigenvalue weighted by Crippen LogP contribution is -2.60. The Morgan fingerprint density at radius 3 is 1.81 bits per heavy atom. The first-order chi connectivity index (χ1) is 21.1. The molecule has 1 aliphatic rings. The van der Waals surface area contributed by atoms with E-state index >= 15 is 0 Å². The number of hydrogen-bond donors (Lipinski definition) is 0. The van der Waals surface area contributed by atoms with E-state index in [1.807, 2.05) is 32.0 Å². The van der Waals surface area contributed by atoms with E-state index in [2.05, 4.69) is 108 Å². The average Bonchev–Trinajstić information content (AvgIpc) is 2.90. The summed E-state index contributed by atoms with van der Waals surface area (Å²) >= 11 is 0. The average molecular weight is 707 g/mol. The zero-order chi connectivity index (χ0) is 36.4. The minimum absolute atomic E-state index is 0.000675. The highest BCUT2D eigenvalue weighted by atomic mass is 28.4. The Balaban J connectivity index is 2.51. The van der Waals surface area contributed by atoms with Crippen molar-refractivity contribution in [3.05, 3.63) is 35.9 Å². The van der Waals surface area contributed by atoms with Crippen LogP contribution in [-0.4, -0.2) is 73.8 Å². The fourth-order valence-corrected chi connectivity index (χ4v) is 8.53. The van der Waals surface area contributed by atoms with Crippen LogP contribution in [0.25, 0.3) is 0 Å². The maximum absolute atomic E-state index is 13.2. The van der Waals surface area contributed by atoms with Crippen LogP contribution < -0.4 is 0 Å². The summed E-state index contributed by atoms with van der Waals surface area (Å²) in [7, 11) is -6.73. The van der Waals surface area contributed by atoms with Gasteiger partial charge in [-0.2, -0.15) is 0 Å². The van der Waals surface area contributed by atoms with Gasteiger partial charge >= 0.3 is 5.97 Å². The summed E-state index contributed by atoms with van der Waals surface area (Å²) in [6.07, 6.45) is 2.83. The molecule has 268 valence electrons. The third kappa shape index (κ3) is 10.8. The van der Waals surface area contributed by atoms with Crippen LogP contribution in [0, 0.1) is 12.3 Å². The Morgan fingerprint density at radius 1 is 0.851 bits per heavy atom. The molecule has 2 rings (SSSR count). The van der Waals surface area contributed by atoms with Gasteiger partial charge < -0.3 is 27.5 Å². The molecule has 1 aromatic rings. The van der Waals surface area contributed by atoms with Gasteiger partial charge in [-0.1, -0.05) is 86.4 Å². The minimum Gasteiger partial charge on any atom is -0.456 e. The Morgan fingerprint density at radius 2 is 1.34 bits per heavy atom. The quantitative estimate of drug-likeness (QED) is 0.122. The van der Waals surface area contributed by atoms with Gasteiger partial charge in [0, 0.05) is 6.42 Å². The van der Waals surface area contributed by atoms with Crippen molar-refractivity contribution in [2.45, 2.75) is 180 Å². The normalized spacial score (nSPS) is 23.8. The van der Waals surface area contributed by atoms with Crippen LogP contribution in [0.1, 0.15) is 92.9 Å². The molecule has 0 saturated carbocycles. The van der Waals surface area contributed by atoms with E-state index in [-0.39, 0.29) is 33.4 Å². The van der Waals surface area contributed by atoms with Crippen LogP contribution in [0.15, 0.2) is 30.3 Å². The zero-order valence-electron chi connectivity index (χ0n) is 32.6. The van der Waals surface area contributed by atoms with Crippen molar-refractivity contribution < 1.29 is 32.3 Å². The Labute approximate surface area is 290 Å². The van der Waals surface area contributed by atoms with E-state index in [0.717, 1.165) is 0 Å². The predicted molar refractivity (Wildman–Crippen MR) is 200 cm³/mol. The number of ether oxygens (including phenoxy) is 3. The fraction of sp³-hybridized carbons (Fsp3) is 0.757. The molecule has 0 N–H and O–H groups in total. The second kappa shape index (κ2) is 15.3. The van der Waals surface area contributed by atoms with Gasteiger partial charge in [0.2, 0.25) is 0 Å². The molecule has 0 spiro atoms. The number of carbonyl (C=O) groups is 1. The van der Waals surface area contributed by atoms with Crippen LogP contribution in [0.4, 0.5) is 0 Å². The van der Waals surface area contributed by atoms with E-state index in [4.69, 9.17) is 33.9 Å². The van der Waals surface area contributed by atoms with Crippen LogP contribution >= 0.6 is 0 Å². The lowest BCUT2D eigenvalue weighted by Gasteiger charge is -2.50. The molecule has 0 aromatic heterocycles. The van der Waals surface area contributed by atoms with Gasteiger partial charge in [-0.15, -0.1) is 6.42 Å². The monoisotopic (exact) mass is 706 g/mol. The summed E-state index contributed by atoms with van der Waals surface area (Å²) in [6.45, 7) is 37.2.